The average Bonchev–Trinajstić information content (AvgIpc) is 3.98. The summed E-state index contributed by atoms with van der Waals surface area (Å²) in [7, 11) is -18.4. The third kappa shape index (κ3) is 7.43. The van der Waals surface area contributed by atoms with Crippen LogP contribution < -0.4 is 0 Å². The maximum absolute atomic E-state index is 12.2. The van der Waals surface area contributed by atoms with Gasteiger partial charge in [0.05, 0.1) is 22.8 Å². The van der Waals surface area contributed by atoms with E-state index in [2.05, 4.69) is 9.97 Å². The fourth-order valence-electron chi connectivity index (χ4n) is 6.61. The van der Waals surface area contributed by atoms with Gasteiger partial charge in [-0.25, -0.2) is 9.97 Å². The molecule has 0 saturated heterocycles. The van der Waals surface area contributed by atoms with E-state index in [1.807, 2.05) is 0 Å². The fourth-order valence-corrected chi connectivity index (χ4v) is 13.6. The average molecular weight is 959 g/mol. The van der Waals surface area contributed by atoms with E-state index in [1.54, 1.807) is 48.6 Å². The summed E-state index contributed by atoms with van der Waals surface area (Å²) in [6.45, 7) is 0. The van der Waals surface area contributed by atoms with Gasteiger partial charge in [-0.05, 0) is 91.0 Å². The van der Waals surface area contributed by atoms with E-state index in [9.17, 15) is 51.9 Å². The van der Waals surface area contributed by atoms with Crippen LogP contribution in [0.1, 0.15) is 22.8 Å². The number of thiophene rings is 4. The van der Waals surface area contributed by atoms with Gasteiger partial charge in [-0.3, -0.25) is 18.2 Å². The number of hydrogen-bond acceptors (Lipinski definition) is 14. The summed E-state index contributed by atoms with van der Waals surface area (Å²) in [6, 6.07) is 16.2. The van der Waals surface area contributed by atoms with Crippen LogP contribution in [-0.2, 0) is 40.5 Å². The minimum Gasteiger partial charge on any atom is -0.354 e. The predicted molar refractivity (Wildman–Crippen MR) is 231 cm³/mol. The van der Waals surface area contributed by atoms with Gasteiger partial charge >= 0.3 is 30.4 Å². The number of nitrogens with zero attached hydrogens (tertiary/aromatic N) is 2. The lowest BCUT2D eigenvalue weighted by atomic mass is 10.1. The molecule has 0 aromatic carbocycles. The zero-order chi connectivity index (χ0) is 42.5. The first-order chi connectivity index (χ1) is 28.2. The molecular weight excluding hydrogens is 937 g/mol. The number of H-pyrrole nitrogens is 2. The van der Waals surface area contributed by atoms with Crippen molar-refractivity contribution in [1.82, 2.24) is 19.9 Å². The minimum absolute atomic E-state index is 0.314. The lowest BCUT2D eigenvalue weighted by Crippen LogP contribution is -1.94. The number of nitrogens with one attached hydrogen (secondary N) is 2. The fraction of sp³-hybridized carbons (Fsp3) is 0. The van der Waals surface area contributed by atoms with Crippen LogP contribution in [0.3, 0.4) is 0 Å². The molecule has 2 aliphatic rings. The van der Waals surface area contributed by atoms with E-state index in [4.69, 9.17) is 9.97 Å². The molecule has 0 fully saturated rings. The van der Waals surface area contributed by atoms with Crippen LogP contribution in [0.2, 0.25) is 0 Å². The second-order valence-corrected chi connectivity index (χ2v) is 23.4. The van der Waals surface area contributed by atoms with Crippen molar-refractivity contribution in [3.63, 3.8) is 0 Å². The van der Waals surface area contributed by atoms with Gasteiger partial charge < -0.3 is 9.97 Å². The molecule has 306 valence electrons. The summed E-state index contributed by atoms with van der Waals surface area (Å²) in [5.74, 6) is 0. The summed E-state index contributed by atoms with van der Waals surface area (Å²) >= 11 is 3.34. The normalized spacial score (nSPS) is 13.4. The van der Waals surface area contributed by atoms with Crippen molar-refractivity contribution in [2.45, 2.75) is 17.5 Å². The van der Waals surface area contributed by atoms with Gasteiger partial charge in [0.1, 0.15) is 17.5 Å². The third-order valence-electron chi connectivity index (χ3n) is 9.12. The molecule has 0 aliphatic carbocycles. The Bertz CT molecular complexity index is 3210. The number of rotatable bonds is 8. The van der Waals surface area contributed by atoms with Crippen molar-refractivity contribution in [2.75, 3.05) is 0 Å². The summed E-state index contributed by atoms with van der Waals surface area (Å²) in [5, 5.41) is 1.26. The monoisotopic (exact) mass is 958 g/mol. The molecule has 6 N–H and O–H groups in total. The van der Waals surface area contributed by atoms with Crippen LogP contribution in [0.5, 0.6) is 0 Å². The van der Waals surface area contributed by atoms with Crippen LogP contribution in [0, 0.1) is 0 Å². The van der Waals surface area contributed by atoms with Crippen LogP contribution in [0.25, 0.3) is 88.1 Å². The zero-order valence-corrected chi connectivity index (χ0v) is 36.0. The lowest BCUT2D eigenvalue weighted by molar-refractivity contribution is 0.481. The second-order valence-electron chi connectivity index (χ2n) is 12.9. The summed E-state index contributed by atoms with van der Waals surface area (Å²) in [5.41, 5.74) is 4.41. The van der Waals surface area contributed by atoms with E-state index in [1.165, 1.54) is 47.8 Å². The molecule has 9 heterocycles. The molecule has 0 unspecified atom stereocenters. The highest BCUT2D eigenvalue weighted by molar-refractivity contribution is 7.88. The first-order valence-electron chi connectivity index (χ1n) is 16.7. The SMILES string of the molecule is O=S(=O)(O)c1csc(-c2c3nc(c(-c4ccc(S(=O)(=O)O)s4)c4ccc([nH]4)c(-c4ccc(S(=O)(=O)O)s4)c4nc(c(-c5ccc(S(=O)(=O)O)s5)c5ccc2[nH]5)C=C4)C=C3)c1. The van der Waals surface area contributed by atoms with E-state index >= 15 is 0 Å². The summed E-state index contributed by atoms with van der Waals surface area (Å²) < 4.78 is 136. The molecule has 24 heteroatoms. The Morgan fingerprint density at radius 1 is 0.417 bits per heavy atom. The molecule has 16 nitrogen and oxygen atoms in total. The van der Waals surface area contributed by atoms with Crippen LogP contribution >= 0.6 is 45.3 Å². The summed E-state index contributed by atoms with van der Waals surface area (Å²) in [6.07, 6.45) is 6.63. The van der Waals surface area contributed by atoms with Crippen LogP contribution in [-0.4, -0.2) is 71.8 Å². The molecule has 0 atom stereocenters. The van der Waals surface area contributed by atoms with E-state index in [-0.39, 0.29) is 17.5 Å². The van der Waals surface area contributed by atoms with Gasteiger partial charge in [0.25, 0.3) is 10.1 Å². The van der Waals surface area contributed by atoms with Gasteiger partial charge in [-0.15, -0.1) is 45.3 Å². The van der Waals surface area contributed by atoms with Gasteiger partial charge in [-0.1, -0.05) is 0 Å². The number of hydrogen-bond donors (Lipinski definition) is 6. The molecule has 0 amide bonds. The second kappa shape index (κ2) is 14.3. The zero-order valence-electron chi connectivity index (χ0n) is 29.5. The first-order valence-corrected chi connectivity index (χ1v) is 25.8. The van der Waals surface area contributed by atoms with Crippen molar-refractivity contribution in [2.24, 2.45) is 0 Å². The molecule has 0 saturated carbocycles. The number of fused-ring (bicyclic) bond motifs is 8. The molecule has 0 spiro atoms. The summed E-state index contributed by atoms with van der Waals surface area (Å²) in [4.78, 5) is 17.7. The van der Waals surface area contributed by atoms with Crippen molar-refractivity contribution >= 4 is 132 Å². The number of aromatic nitrogens is 4. The van der Waals surface area contributed by atoms with Crippen molar-refractivity contribution < 1.29 is 51.9 Å². The van der Waals surface area contributed by atoms with Crippen molar-refractivity contribution in [1.29, 1.82) is 0 Å². The first kappa shape index (κ1) is 40.4. The Morgan fingerprint density at radius 3 is 1.00 bits per heavy atom. The van der Waals surface area contributed by atoms with E-state index in [0.717, 1.165) is 45.3 Å². The highest BCUT2D eigenvalue weighted by Crippen LogP contribution is 2.43. The van der Waals surface area contributed by atoms with E-state index in [0.29, 0.717) is 86.6 Å². The molecule has 2 aliphatic heterocycles. The highest BCUT2D eigenvalue weighted by atomic mass is 32.3. The highest BCUT2D eigenvalue weighted by Gasteiger charge is 2.24. The Morgan fingerprint density at radius 2 is 0.733 bits per heavy atom. The quantitative estimate of drug-likeness (QED) is 0.0779. The van der Waals surface area contributed by atoms with Crippen LogP contribution in [0.4, 0.5) is 0 Å². The Balaban J connectivity index is 1.46. The topological polar surface area (TPSA) is 275 Å². The van der Waals surface area contributed by atoms with Crippen molar-refractivity contribution in [3.05, 3.63) is 94.9 Å². The standard InChI is InChI=1S/C36H22N4O12S8/c41-57(42,43)17-15-29(53-16-17)36-24-7-5-22(39-24)34(27-10-13-31(55-27)59(47,48)49)20-3-1-18(37-20)33(26-9-12-30(54-26)58(44,45)46)19-2-4-21(38-19)35(23-6-8-25(36)40-23)28-11-14-32(56-28)60(50,51)52/h1-16,37,40H,(H,41,42,43)(H,44,45,46)(H,47,48,49)(H,50,51,52). The predicted octanol–water partition coefficient (Wildman–Crippen LogP) is 8.56. The van der Waals surface area contributed by atoms with Gasteiger partial charge in [0.15, 0.2) is 0 Å². The number of aromatic amines is 2. The van der Waals surface area contributed by atoms with Crippen molar-refractivity contribution in [3.8, 4) is 41.8 Å². The lowest BCUT2D eigenvalue weighted by Gasteiger charge is -2.04. The van der Waals surface area contributed by atoms with Gasteiger partial charge in [0.2, 0.25) is 0 Å². The largest absolute Gasteiger partial charge is 0.354 e. The molecular formula is C36H22N4O12S8. The Hall–Kier alpha value is -4.96. The Labute approximate surface area is 355 Å². The van der Waals surface area contributed by atoms with E-state index < -0.39 is 40.5 Å². The minimum atomic E-state index is -4.61. The molecule has 7 aromatic rings. The van der Waals surface area contributed by atoms with Crippen LogP contribution in [0.15, 0.2) is 89.6 Å². The van der Waals surface area contributed by atoms with Gasteiger partial charge in [0, 0.05) is 69.2 Å². The molecule has 7 aromatic heterocycles. The molecule has 8 bridgehead atoms. The smallest absolute Gasteiger partial charge is 0.304 e. The maximum Gasteiger partial charge on any atom is 0.304 e. The maximum atomic E-state index is 12.2. The Kier molecular flexibility index (Phi) is 9.65. The third-order valence-corrected chi connectivity index (χ3v) is 18.3. The van der Waals surface area contributed by atoms with Gasteiger partial charge in [-0.2, -0.15) is 33.7 Å². The molecule has 0 radical (unpaired) electrons. The molecule has 9 rings (SSSR count). The molecule has 60 heavy (non-hydrogen) atoms.